The van der Waals surface area contributed by atoms with E-state index in [1.165, 1.54) is 24.3 Å². The Kier molecular flexibility index (Phi) is 7.97. The Hall–Kier alpha value is -4.37. The molecule has 1 aliphatic rings. The normalized spacial score (nSPS) is 15.7. The second-order valence-corrected chi connectivity index (χ2v) is 8.51. The van der Waals surface area contributed by atoms with Crippen molar-refractivity contribution >= 4 is 28.8 Å². The van der Waals surface area contributed by atoms with Gasteiger partial charge in [0.25, 0.3) is 5.91 Å². The van der Waals surface area contributed by atoms with Gasteiger partial charge in [-0.05, 0) is 60.0 Å². The number of aliphatic hydroxyl groups is 1. The number of amides is 2. The maximum Gasteiger partial charge on any atom is 0.416 e. The van der Waals surface area contributed by atoms with E-state index in [0.29, 0.717) is 46.0 Å². The van der Waals surface area contributed by atoms with Crippen LogP contribution in [0, 0.1) is 0 Å². The molecule has 0 saturated heterocycles. The van der Waals surface area contributed by atoms with E-state index < -0.39 is 29.7 Å². The van der Waals surface area contributed by atoms with Gasteiger partial charge in [0.1, 0.15) is 11.9 Å². The van der Waals surface area contributed by atoms with Gasteiger partial charge in [-0.15, -0.1) is 0 Å². The van der Waals surface area contributed by atoms with Gasteiger partial charge in [0, 0.05) is 29.4 Å². The van der Waals surface area contributed by atoms with Gasteiger partial charge >= 0.3 is 6.18 Å². The molecule has 4 rings (SSSR count). The van der Waals surface area contributed by atoms with Crippen LogP contribution < -0.4 is 15.4 Å². The zero-order valence-corrected chi connectivity index (χ0v) is 20.4. The molecule has 0 fully saturated rings. The zero-order valence-electron chi connectivity index (χ0n) is 20.4. The summed E-state index contributed by atoms with van der Waals surface area (Å²) < 4.78 is 44.8. The number of halogens is 3. The summed E-state index contributed by atoms with van der Waals surface area (Å²) in [7, 11) is 0. The lowest BCUT2D eigenvalue weighted by Gasteiger charge is -2.23. The molecule has 1 heterocycles. The topological polar surface area (TPSA) is 87.7 Å². The molecular formula is C29H25F3N2O4. The second kappa shape index (κ2) is 11.4. The number of rotatable bonds is 7. The molecule has 0 bridgehead atoms. The summed E-state index contributed by atoms with van der Waals surface area (Å²) in [6, 6.07) is 16.9. The molecule has 3 aromatic carbocycles. The average molecular weight is 523 g/mol. The minimum atomic E-state index is -4.45. The average Bonchev–Trinajstić information content (AvgIpc) is 2.88. The molecule has 2 amide bonds. The Balaban J connectivity index is 1.61. The number of hydrogen-bond donors (Lipinski definition) is 3. The summed E-state index contributed by atoms with van der Waals surface area (Å²) in [5.74, 6) is -0.362. The van der Waals surface area contributed by atoms with Crippen LogP contribution in [-0.4, -0.2) is 29.6 Å². The number of allylic oxidation sites excluding steroid dienone is 2. The van der Waals surface area contributed by atoms with E-state index in [4.69, 9.17) is 4.74 Å². The van der Waals surface area contributed by atoms with Crippen LogP contribution in [0.1, 0.15) is 29.2 Å². The Morgan fingerprint density at radius 1 is 1.11 bits per heavy atom. The van der Waals surface area contributed by atoms with E-state index in [-0.39, 0.29) is 6.42 Å². The Bertz CT molecular complexity index is 1400. The lowest BCUT2D eigenvalue weighted by Crippen LogP contribution is -2.34. The van der Waals surface area contributed by atoms with E-state index in [1.807, 2.05) is 6.92 Å². The Morgan fingerprint density at radius 2 is 1.84 bits per heavy atom. The smallest absolute Gasteiger partial charge is 0.416 e. The van der Waals surface area contributed by atoms with E-state index in [9.17, 15) is 27.9 Å². The van der Waals surface area contributed by atoms with Crippen LogP contribution in [0.3, 0.4) is 0 Å². The van der Waals surface area contributed by atoms with E-state index in [0.717, 1.165) is 12.1 Å². The molecule has 0 aromatic heterocycles. The number of carbonyl (C=O) groups excluding carboxylic acids is 2. The fraction of sp³-hybridized carbons (Fsp3) is 0.172. The van der Waals surface area contributed by atoms with Crippen LogP contribution in [0.5, 0.6) is 5.75 Å². The number of nitrogens with one attached hydrogen (secondary N) is 2. The molecule has 1 atom stereocenters. The Morgan fingerprint density at radius 3 is 2.55 bits per heavy atom. The molecule has 38 heavy (non-hydrogen) atoms. The predicted octanol–water partition coefficient (Wildman–Crippen LogP) is 5.59. The van der Waals surface area contributed by atoms with E-state index in [1.54, 1.807) is 48.5 Å². The SMILES string of the molecule is CCOc1cccc(/C(=C\C=C\C(=O)Nc2cccc3c2CC(O)C(=O)N3)c2ccc(C(F)(F)F)cc2)c1. The van der Waals surface area contributed by atoms with Crippen LogP contribution in [-0.2, 0) is 22.2 Å². The van der Waals surface area contributed by atoms with Crippen molar-refractivity contribution < 1.29 is 32.6 Å². The van der Waals surface area contributed by atoms with Gasteiger partial charge in [-0.2, -0.15) is 13.2 Å². The van der Waals surface area contributed by atoms with Crippen molar-refractivity contribution in [2.45, 2.75) is 25.6 Å². The lowest BCUT2D eigenvalue weighted by molar-refractivity contribution is -0.137. The zero-order chi connectivity index (χ0) is 27.3. The molecule has 196 valence electrons. The largest absolute Gasteiger partial charge is 0.494 e. The highest BCUT2D eigenvalue weighted by molar-refractivity contribution is 6.03. The number of alkyl halides is 3. The molecular weight excluding hydrogens is 497 g/mol. The lowest BCUT2D eigenvalue weighted by atomic mass is 9.96. The number of fused-ring (bicyclic) bond motifs is 1. The van der Waals surface area contributed by atoms with E-state index in [2.05, 4.69) is 10.6 Å². The fourth-order valence-corrected chi connectivity index (χ4v) is 4.07. The van der Waals surface area contributed by atoms with E-state index >= 15 is 0 Å². The first-order valence-corrected chi connectivity index (χ1v) is 11.9. The first-order valence-electron chi connectivity index (χ1n) is 11.9. The van der Waals surface area contributed by atoms with Crippen LogP contribution in [0.2, 0.25) is 0 Å². The summed E-state index contributed by atoms with van der Waals surface area (Å²) in [6.45, 7) is 2.30. The van der Waals surface area contributed by atoms with Crippen LogP contribution in [0.25, 0.3) is 5.57 Å². The minimum Gasteiger partial charge on any atom is -0.494 e. The molecule has 1 aliphatic heterocycles. The van der Waals surface area contributed by atoms with Crippen LogP contribution in [0.15, 0.2) is 85.0 Å². The molecule has 1 unspecified atom stereocenters. The molecule has 3 aromatic rings. The third-order valence-electron chi connectivity index (χ3n) is 5.88. The quantitative estimate of drug-likeness (QED) is 0.279. The van der Waals surface area contributed by atoms with Gasteiger partial charge in [-0.3, -0.25) is 9.59 Å². The molecule has 6 nitrogen and oxygen atoms in total. The third kappa shape index (κ3) is 6.30. The first kappa shape index (κ1) is 26.7. The molecule has 3 N–H and O–H groups in total. The summed E-state index contributed by atoms with van der Waals surface area (Å²) in [6.07, 6.45) is -1.18. The van der Waals surface area contributed by atoms with Gasteiger partial charge in [0.15, 0.2) is 0 Å². The molecule has 0 saturated carbocycles. The monoisotopic (exact) mass is 522 g/mol. The summed E-state index contributed by atoms with van der Waals surface area (Å²) in [4.78, 5) is 24.4. The van der Waals surface area contributed by atoms with Crippen molar-refractivity contribution in [2.75, 3.05) is 17.2 Å². The van der Waals surface area contributed by atoms with Crippen molar-refractivity contribution in [3.05, 3.63) is 107 Å². The van der Waals surface area contributed by atoms with Crippen molar-refractivity contribution in [2.24, 2.45) is 0 Å². The number of benzene rings is 3. The molecule has 0 aliphatic carbocycles. The number of aliphatic hydroxyl groups excluding tert-OH is 1. The molecule has 0 spiro atoms. The number of hydrogen-bond acceptors (Lipinski definition) is 4. The van der Waals surface area contributed by atoms with Crippen LogP contribution >= 0.6 is 0 Å². The van der Waals surface area contributed by atoms with Gasteiger partial charge in [0.05, 0.1) is 12.2 Å². The van der Waals surface area contributed by atoms with Crippen molar-refractivity contribution in [3.63, 3.8) is 0 Å². The number of carbonyl (C=O) groups is 2. The van der Waals surface area contributed by atoms with Gasteiger partial charge in [-0.25, -0.2) is 0 Å². The summed E-state index contributed by atoms with van der Waals surface area (Å²) in [5.41, 5.74) is 2.63. The van der Waals surface area contributed by atoms with Gasteiger partial charge < -0.3 is 20.5 Å². The van der Waals surface area contributed by atoms with Gasteiger partial charge in [0.2, 0.25) is 5.91 Å². The number of anilines is 2. The highest BCUT2D eigenvalue weighted by Gasteiger charge is 2.30. The predicted molar refractivity (Wildman–Crippen MR) is 139 cm³/mol. The van der Waals surface area contributed by atoms with Crippen LogP contribution in [0.4, 0.5) is 24.5 Å². The standard InChI is InChI=1S/C29H25F3N2O4/c1-2-38-21-7-3-6-19(16-21)22(18-12-14-20(15-13-18)29(30,31)32)8-4-11-27(36)33-24-9-5-10-25-23(24)17-26(35)28(37)34-25/h3-16,26,35H,2,17H2,1H3,(H,33,36)(H,34,37)/b11-4+,22-8-. The van der Waals surface area contributed by atoms with Gasteiger partial charge in [-0.1, -0.05) is 42.5 Å². The second-order valence-electron chi connectivity index (χ2n) is 8.51. The Labute approximate surface area is 217 Å². The van der Waals surface area contributed by atoms with Crippen molar-refractivity contribution in [1.82, 2.24) is 0 Å². The maximum absolute atomic E-state index is 13.1. The highest BCUT2D eigenvalue weighted by Crippen LogP contribution is 2.33. The van der Waals surface area contributed by atoms with Crippen molar-refractivity contribution in [3.8, 4) is 5.75 Å². The summed E-state index contributed by atoms with van der Waals surface area (Å²) in [5, 5.41) is 15.2. The highest BCUT2D eigenvalue weighted by atomic mass is 19.4. The third-order valence-corrected chi connectivity index (χ3v) is 5.88. The fourth-order valence-electron chi connectivity index (χ4n) is 4.07. The molecule has 0 radical (unpaired) electrons. The maximum atomic E-state index is 13.1. The first-order chi connectivity index (χ1) is 18.2. The summed E-state index contributed by atoms with van der Waals surface area (Å²) >= 11 is 0. The molecule has 9 heteroatoms. The van der Waals surface area contributed by atoms with Crippen molar-refractivity contribution in [1.29, 1.82) is 0 Å². The minimum absolute atomic E-state index is 0.0650. The number of ether oxygens (including phenoxy) is 1.